The molecule has 10 rings (SSSR count). The van der Waals surface area contributed by atoms with Gasteiger partial charge in [0.25, 0.3) is 35.2 Å². The maximum Gasteiger partial charge on any atom is 0.270 e. The molecule has 113 heavy (non-hydrogen) atoms. The number of methoxy groups -OCH3 is 2. The van der Waals surface area contributed by atoms with E-state index in [9.17, 15) is 62.5 Å². The third-order valence-corrected chi connectivity index (χ3v) is 17.1. The average Bonchev–Trinajstić information content (AvgIpc) is 0.813. The number of carbonyl (C=O) groups excluding carboxylic acids is 10. The Hall–Kier alpha value is -12.8. The number of ketones is 5. The fourth-order valence-electron chi connectivity index (χ4n) is 9.51. The minimum atomic E-state index is -0.635. The summed E-state index contributed by atoms with van der Waals surface area (Å²) >= 11 is 27.2. The summed E-state index contributed by atoms with van der Waals surface area (Å²) in [5.41, 5.74) is 5.80. The summed E-state index contributed by atoms with van der Waals surface area (Å²) in [5.74, 6) is -3.50. The summed E-state index contributed by atoms with van der Waals surface area (Å²) in [6.45, 7) is 25.7. The van der Waals surface area contributed by atoms with Crippen LogP contribution >= 0.6 is 62.3 Å². The molecule has 0 radical (unpaired) electrons. The number of non-ortho nitro benzene ring substituents is 1. The number of hydrogen-bond donors (Lipinski definition) is 5. The number of halogens is 6. The summed E-state index contributed by atoms with van der Waals surface area (Å²) in [4.78, 5) is 133. The van der Waals surface area contributed by atoms with Gasteiger partial charge in [-0.05, 0) is 168 Å². The van der Waals surface area contributed by atoms with E-state index in [0.29, 0.717) is 98.8 Å². The molecule has 10 aromatic rings. The first-order valence-electron chi connectivity index (χ1n) is 33.4. The lowest BCUT2D eigenvalue weighted by Crippen LogP contribution is -2.16. The van der Waals surface area contributed by atoms with Gasteiger partial charge in [-0.15, -0.1) is 0 Å². The fourth-order valence-corrected chi connectivity index (χ4v) is 10.5. The normalized spacial score (nSPS) is 10.1. The Labute approximate surface area is 679 Å². The minimum absolute atomic E-state index is 0.0556. The van der Waals surface area contributed by atoms with Crippen molar-refractivity contribution in [2.75, 3.05) is 40.8 Å². The van der Waals surface area contributed by atoms with Crippen LogP contribution in [0.2, 0.25) is 20.1 Å². The zero-order valence-electron chi connectivity index (χ0n) is 61.8. The molecule has 0 heterocycles. The molecule has 0 aliphatic carbocycles. The van der Waals surface area contributed by atoms with Crippen molar-refractivity contribution in [3.05, 3.63) is 375 Å². The second-order valence-electron chi connectivity index (χ2n) is 24.3. The first-order valence-corrected chi connectivity index (χ1v) is 35.7. The number of rotatable bonds is 23. The highest BCUT2D eigenvalue weighted by Gasteiger charge is 2.25. The third-order valence-electron chi connectivity index (χ3n) is 15.5. The predicted octanol–water partition coefficient (Wildman–Crippen LogP) is 20.6. The van der Waals surface area contributed by atoms with Gasteiger partial charge in [0, 0.05) is 105 Å². The standard InChI is InChI=1S/C19H18ClNO4.C17H14BrNO2.C17H13Cl2NO2.C17H13ClFNO2.C17H14N2O4/c1-11(2)19(23)21-15-10-17(25-4)16(24-3)9-14(15)18(22)12-5-7-13(20)8-6-12;1-11(2)17(21)19-15-6-4-3-5-14(15)16(20)12-7-9-13(18)10-8-12;2*1-10(2)17(22)20-15-8-7-11(18)9-13(15)16(21)12-5-3-4-6-14(12)19;1-11(2)17(21)18-15-9-8-13(19(22)23)10-14(15)16(20)12-6-4-3-5-7-12/h5-10H,1H2,2-4H3,(H,21,23);3-10H,1H2,2H3,(H,19,21);2*3-9H,1H2,2H3,(H,20,22);3-10H,1H2,2H3,(H,18,21). The Morgan fingerprint density at radius 3 is 1.12 bits per heavy atom. The molecule has 0 fully saturated rings. The molecule has 0 aliphatic heterocycles. The van der Waals surface area contributed by atoms with Crippen molar-refractivity contribution in [2.24, 2.45) is 0 Å². The minimum Gasteiger partial charge on any atom is -0.493 e. The van der Waals surface area contributed by atoms with Gasteiger partial charge in [-0.25, -0.2) is 4.39 Å². The highest BCUT2D eigenvalue weighted by atomic mass is 79.9. The summed E-state index contributed by atoms with van der Waals surface area (Å²) in [7, 11) is 2.95. The van der Waals surface area contributed by atoms with Gasteiger partial charge in [-0.3, -0.25) is 58.1 Å². The molecule has 0 atom stereocenters. The monoisotopic (exact) mass is 1660 g/mol. The molecule has 5 amide bonds. The van der Waals surface area contributed by atoms with Crippen LogP contribution in [-0.4, -0.2) is 77.6 Å². The van der Waals surface area contributed by atoms with Gasteiger partial charge in [0.2, 0.25) is 0 Å². The van der Waals surface area contributed by atoms with Crippen molar-refractivity contribution in [2.45, 2.75) is 34.6 Å². The number of nitrogens with one attached hydrogen (secondary N) is 5. The number of anilines is 5. The zero-order chi connectivity index (χ0) is 83.5. The summed E-state index contributed by atoms with van der Waals surface area (Å²) in [6.07, 6.45) is 0. The number of nitro groups is 1. The largest absolute Gasteiger partial charge is 0.493 e. The number of nitrogens with zero attached hydrogens (tertiary/aromatic N) is 1. The lowest BCUT2D eigenvalue weighted by molar-refractivity contribution is -0.384. The van der Waals surface area contributed by atoms with Crippen LogP contribution < -0.4 is 36.1 Å². The molecule has 0 aliphatic rings. The molecular formula is C87H72BrCl4FN6O14. The molecule has 576 valence electrons. The van der Waals surface area contributed by atoms with E-state index >= 15 is 0 Å². The molecule has 26 heteroatoms. The van der Waals surface area contributed by atoms with E-state index < -0.39 is 40.0 Å². The smallest absolute Gasteiger partial charge is 0.270 e. The second kappa shape index (κ2) is 42.4. The topological polar surface area (TPSA) is 292 Å². The van der Waals surface area contributed by atoms with Crippen LogP contribution in [0, 0.1) is 15.9 Å². The van der Waals surface area contributed by atoms with Crippen LogP contribution in [0.3, 0.4) is 0 Å². The van der Waals surface area contributed by atoms with Gasteiger partial charge >= 0.3 is 0 Å². The Kier molecular flexibility index (Phi) is 33.4. The Morgan fingerprint density at radius 1 is 0.354 bits per heavy atom. The van der Waals surface area contributed by atoms with Gasteiger partial charge in [-0.1, -0.05) is 162 Å². The molecule has 0 unspecified atom stereocenters. The van der Waals surface area contributed by atoms with E-state index in [1.165, 1.54) is 81.8 Å². The first kappa shape index (κ1) is 89.1. The number of ether oxygens (including phenoxy) is 2. The molecule has 20 nitrogen and oxygen atoms in total. The van der Waals surface area contributed by atoms with Crippen molar-refractivity contribution in [1.82, 2.24) is 0 Å². The van der Waals surface area contributed by atoms with Crippen LogP contribution in [0.1, 0.15) is 114 Å². The number of amides is 5. The lowest BCUT2D eigenvalue weighted by Gasteiger charge is -2.15. The molecule has 0 saturated heterocycles. The second-order valence-corrected chi connectivity index (χ2v) is 27.0. The Morgan fingerprint density at radius 2 is 0.681 bits per heavy atom. The van der Waals surface area contributed by atoms with Crippen LogP contribution in [0.5, 0.6) is 11.5 Å². The molecule has 0 spiro atoms. The van der Waals surface area contributed by atoms with E-state index in [0.717, 1.165) is 10.5 Å². The highest BCUT2D eigenvalue weighted by Crippen LogP contribution is 2.36. The first-order chi connectivity index (χ1) is 53.5. The van der Waals surface area contributed by atoms with E-state index in [2.05, 4.69) is 75.4 Å². The lowest BCUT2D eigenvalue weighted by atomic mass is 10.0. The van der Waals surface area contributed by atoms with Crippen molar-refractivity contribution >= 4 is 155 Å². The highest BCUT2D eigenvalue weighted by molar-refractivity contribution is 9.10. The number of para-hydroxylation sites is 1. The van der Waals surface area contributed by atoms with Crippen LogP contribution in [0.4, 0.5) is 38.5 Å². The third kappa shape index (κ3) is 25.6. The Balaban J connectivity index is 0.000000220. The zero-order valence-corrected chi connectivity index (χ0v) is 66.4. The number of carbonyl (C=O) groups is 10. The van der Waals surface area contributed by atoms with Gasteiger partial charge in [-0.2, -0.15) is 0 Å². The van der Waals surface area contributed by atoms with Gasteiger partial charge < -0.3 is 36.1 Å². The van der Waals surface area contributed by atoms with Gasteiger partial charge in [0.15, 0.2) is 40.4 Å². The Bertz CT molecular complexity index is 5290. The van der Waals surface area contributed by atoms with E-state index in [-0.39, 0.29) is 79.6 Å². The molecule has 0 aromatic heterocycles. The number of nitro benzene ring substituents is 1. The molecular weight excluding hydrogens is 1590 g/mol. The van der Waals surface area contributed by atoms with Crippen molar-refractivity contribution < 1.29 is 66.7 Å². The SMILES string of the molecule is C=C(C)C(=O)Nc1cc(OC)c(OC)cc1C(=O)c1ccc(Cl)cc1.C=C(C)C(=O)Nc1ccc(Cl)cc1C(=O)c1ccccc1Cl.C=C(C)C(=O)Nc1ccc(Cl)cc1C(=O)c1ccccc1F.C=C(C)C(=O)Nc1ccc([N+](=O)[O-])cc1C(=O)c1ccccc1.C=C(C)C(=O)Nc1ccccc1C(=O)c1ccc(Br)cc1. The summed E-state index contributed by atoms with van der Waals surface area (Å²) < 4.78 is 25.2. The fraction of sp³-hybridized carbons (Fsp3) is 0.0805. The van der Waals surface area contributed by atoms with Crippen molar-refractivity contribution in [3.63, 3.8) is 0 Å². The predicted molar refractivity (Wildman–Crippen MR) is 446 cm³/mol. The van der Waals surface area contributed by atoms with E-state index in [4.69, 9.17) is 55.9 Å². The molecule has 0 bridgehead atoms. The van der Waals surface area contributed by atoms with Crippen molar-refractivity contribution in [1.29, 1.82) is 0 Å². The van der Waals surface area contributed by atoms with Crippen LogP contribution in [-0.2, 0) is 24.0 Å². The van der Waals surface area contributed by atoms with Gasteiger partial charge in [0.05, 0.1) is 69.3 Å². The van der Waals surface area contributed by atoms with Gasteiger partial charge in [0.1, 0.15) is 5.82 Å². The van der Waals surface area contributed by atoms with Crippen LogP contribution in [0.15, 0.2) is 284 Å². The van der Waals surface area contributed by atoms with E-state index in [1.54, 1.807) is 167 Å². The summed E-state index contributed by atoms with van der Waals surface area (Å²) in [6, 6.07) is 57.1. The average molecular weight is 1670 g/mol. The number of benzene rings is 10. The van der Waals surface area contributed by atoms with Crippen LogP contribution in [0.25, 0.3) is 0 Å². The maximum absolute atomic E-state index is 13.8. The van der Waals surface area contributed by atoms with Crippen molar-refractivity contribution in [3.8, 4) is 11.5 Å². The number of hydrogen-bond acceptors (Lipinski definition) is 14. The maximum atomic E-state index is 13.8. The quantitative estimate of drug-likeness (QED) is 0.0172. The molecule has 0 saturated carbocycles. The molecule has 5 N–H and O–H groups in total. The molecule has 10 aromatic carbocycles. The summed E-state index contributed by atoms with van der Waals surface area (Å²) in [5, 5.41) is 25.7. The van der Waals surface area contributed by atoms with E-state index in [1.807, 2.05) is 12.1 Å².